The summed E-state index contributed by atoms with van der Waals surface area (Å²) in [7, 11) is 0. The topological polar surface area (TPSA) is 41.1 Å². The van der Waals surface area contributed by atoms with Gasteiger partial charge in [0, 0.05) is 24.5 Å². The molecule has 1 atom stereocenters. The molecule has 2 N–H and O–H groups in total. The lowest BCUT2D eigenvalue weighted by Crippen LogP contribution is -2.47. The molecule has 2 rings (SSSR count). The SMILES string of the molecule is Cl.O=C(NC1CNCC12CC2)C(F)(F)F. The summed E-state index contributed by atoms with van der Waals surface area (Å²) >= 11 is 0. The Morgan fingerprint density at radius 3 is 2.47 bits per heavy atom. The number of rotatable bonds is 1. The quantitative estimate of drug-likeness (QED) is 0.718. The van der Waals surface area contributed by atoms with Crippen molar-refractivity contribution in [1.29, 1.82) is 0 Å². The van der Waals surface area contributed by atoms with Crippen LogP contribution in [-0.4, -0.2) is 31.2 Å². The van der Waals surface area contributed by atoms with Crippen molar-refractivity contribution < 1.29 is 18.0 Å². The van der Waals surface area contributed by atoms with E-state index in [1.807, 2.05) is 5.32 Å². The number of halogens is 4. The van der Waals surface area contributed by atoms with Crippen LogP contribution >= 0.6 is 12.4 Å². The zero-order valence-corrected chi connectivity index (χ0v) is 8.67. The molecule has 1 heterocycles. The minimum atomic E-state index is -4.77. The number of amides is 1. The molecule has 88 valence electrons. The Morgan fingerprint density at radius 1 is 1.40 bits per heavy atom. The lowest BCUT2D eigenvalue weighted by molar-refractivity contribution is -0.174. The van der Waals surface area contributed by atoms with Crippen molar-refractivity contribution in [2.75, 3.05) is 13.1 Å². The Labute approximate surface area is 91.2 Å². The van der Waals surface area contributed by atoms with Gasteiger partial charge in [0.25, 0.3) is 0 Å². The molecule has 2 fully saturated rings. The summed E-state index contributed by atoms with van der Waals surface area (Å²) in [4.78, 5) is 10.7. The van der Waals surface area contributed by atoms with E-state index in [0.717, 1.165) is 19.4 Å². The van der Waals surface area contributed by atoms with Crippen LogP contribution in [0.2, 0.25) is 0 Å². The van der Waals surface area contributed by atoms with Crippen LogP contribution in [0.5, 0.6) is 0 Å². The van der Waals surface area contributed by atoms with Crippen molar-refractivity contribution in [2.45, 2.75) is 25.1 Å². The average Bonchev–Trinajstić information content (AvgIpc) is 2.71. The smallest absolute Gasteiger partial charge is 0.344 e. The van der Waals surface area contributed by atoms with E-state index < -0.39 is 12.1 Å². The third-order valence-corrected chi connectivity index (χ3v) is 3.02. The number of hydrogen-bond donors (Lipinski definition) is 2. The fraction of sp³-hybridized carbons (Fsp3) is 0.875. The summed E-state index contributed by atoms with van der Waals surface area (Å²) in [5.74, 6) is -1.82. The summed E-state index contributed by atoms with van der Waals surface area (Å²) in [6.07, 6.45) is -2.95. The Hall–Kier alpha value is -0.490. The number of nitrogens with one attached hydrogen (secondary N) is 2. The molecule has 3 nitrogen and oxygen atoms in total. The van der Waals surface area contributed by atoms with Crippen molar-refractivity contribution in [2.24, 2.45) is 5.41 Å². The number of carbonyl (C=O) groups excluding carboxylic acids is 1. The normalized spacial score (nSPS) is 27.3. The average molecular weight is 245 g/mol. The first-order valence-electron chi connectivity index (χ1n) is 4.52. The molecule has 1 spiro atoms. The molecular weight excluding hydrogens is 233 g/mol. The molecule has 1 aliphatic heterocycles. The third kappa shape index (κ3) is 2.36. The zero-order valence-electron chi connectivity index (χ0n) is 7.86. The monoisotopic (exact) mass is 244 g/mol. The van der Waals surface area contributed by atoms with Crippen molar-refractivity contribution in [3.8, 4) is 0 Å². The highest BCUT2D eigenvalue weighted by atomic mass is 35.5. The molecule has 1 saturated carbocycles. The first kappa shape index (κ1) is 12.6. The van der Waals surface area contributed by atoms with E-state index in [1.54, 1.807) is 0 Å². The molecule has 2 aliphatic rings. The largest absolute Gasteiger partial charge is 0.471 e. The van der Waals surface area contributed by atoms with Crippen LogP contribution < -0.4 is 10.6 Å². The molecule has 15 heavy (non-hydrogen) atoms. The molecule has 0 bridgehead atoms. The summed E-state index contributed by atoms with van der Waals surface area (Å²) in [5.41, 5.74) is -0.0824. The van der Waals surface area contributed by atoms with E-state index in [9.17, 15) is 18.0 Å². The number of carbonyl (C=O) groups is 1. The lowest BCUT2D eigenvalue weighted by Gasteiger charge is -2.19. The molecule has 7 heteroatoms. The van der Waals surface area contributed by atoms with Crippen LogP contribution in [0.1, 0.15) is 12.8 Å². The predicted octanol–water partition coefficient (Wildman–Crippen LogP) is 0.839. The summed E-state index contributed by atoms with van der Waals surface area (Å²) in [6.45, 7) is 1.16. The standard InChI is InChI=1S/C8H11F3N2O.ClH/c9-8(10,11)6(14)13-5-3-12-4-7(5)1-2-7;/h5,12H,1-4H2,(H,13,14);1H. The second-order valence-electron chi connectivity index (χ2n) is 4.02. The molecule has 1 unspecified atom stereocenters. The lowest BCUT2D eigenvalue weighted by atomic mass is 10.0. The van der Waals surface area contributed by atoms with Gasteiger partial charge < -0.3 is 10.6 Å². The molecular formula is C8H12ClF3N2O. The van der Waals surface area contributed by atoms with Gasteiger partial charge in [0.15, 0.2) is 0 Å². The summed E-state index contributed by atoms with van der Waals surface area (Å²) in [5, 5.41) is 5.04. The van der Waals surface area contributed by atoms with Crippen molar-refractivity contribution in [3.63, 3.8) is 0 Å². The highest BCUT2D eigenvalue weighted by molar-refractivity contribution is 5.85. The maximum atomic E-state index is 11.9. The number of hydrogen-bond acceptors (Lipinski definition) is 2. The molecule has 1 amide bonds. The van der Waals surface area contributed by atoms with Crippen LogP contribution in [0, 0.1) is 5.41 Å². The van der Waals surface area contributed by atoms with E-state index in [1.165, 1.54) is 0 Å². The van der Waals surface area contributed by atoms with Crippen LogP contribution in [0.3, 0.4) is 0 Å². The fourth-order valence-electron chi connectivity index (χ4n) is 1.94. The van der Waals surface area contributed by atoms with E-state index in [0.29, 0.717) is 6.54 Å². The zero-order chi connectivity index (χ0) is 10.4. The van der Waals surface area contributed by atoms with Gasteiger partial charge in [0.2, 0.25) is 0 Å². The van der Waals surface area contributed by atoms with Crippen LogP contribution in [-0.2, 0) is 4.79 Å². The second kappa shape index (κ2) is 3.83. The molecule has 1 aliphatic carbocycles. The summed E-state index contributed by atoms with van der Waals surface area (Å²) in [6, 6.07) is -0.350. The summed E-state index contributed by atoms with van der Waals surface area (Å²) < 4.78 is 35.8. The minimum absolute atomic E-state index is 0. The fourth-order valence-corrected chi connectivity index (χ4v) is 1.94. The Balaban J connectivity index is 0.00000112. The van der Waals surface area contributed by atoms with Gasteiger partial charge in [-0.15, -0.1) is 12.4 Å². The van der Waals surface area contributed by atoms with Crippen molar-refractivity contribution in [3.05, 3.63) is 0 Å². The van der Waals surface area contributed by atoms with Gasteiger partial charge in [-0.2, -0.15) is 13.2 Å². The third-order valence-electron chi connectivity index (χ3n) is 3.02. The van der Waals surface area contributed by atoms with Gasteiger partial charge >= 0.3 is 12.1 Å². The molecule has 0 aromatic carbocycles. The molecule has 0 radical (unpaired) electrons. The highest BCUT2D eigenvalue weighted by Gasteiger charge is 2.54. The number of alkyl halides is 3. The van der Waals surface area contributed by atoms with Crippen LogP contribution in [0.15, 0.2) is 0 Å². The van der Waals surface area contributed by atoms with Gasteiger partial charge in [-0.25, -0.2) is 0 Å². The van der Waals surface area contributed by atoms with E-state index in [-0.39, 0.29) is 23.9 Å². The van der Waals surface area contributed by atoms with E-state index >= 15 is 0 Å². The minimum Gasteiger partial charge on any atom is -0.344 e. The maximum Gasteiger partial charge on any atom is 0.471 e. The Kier molecular flexibility index (Phi) is 3.21. The predicted molar refractivity (Wildman–Crippen MR) is 49.8 cm³/mol. The van der Waals surface area contributed by atoms with Crippen LogP contribution in [0.4, 0.5) is 13.2 Å². The Morgan fingerprint density at radius 2 is 2.00 bits per heavy atom. The van der Waals surface area contributed by atoms with Crippen molar-refractivity contribution >= 4 is 18.3 Å². The van der Waals surface area contributed by atoms with Crippen LogP contribution in [0.25, 0.3) is 0 Å². The first-order chi connectivity index (χ1) is 6.44. The van der Waals surface area contributed by atoms with Gasteiger partial charge in [-0.05, 0) is 12.8 Å². The first-order valence-corrected chi connectivity index (χ1v) is 4.52. The second-order valence-corrected chi connectivity index (χ2v) is 4.02. The molecule has 0 aromatic rings. The van der Waals surface area contributed by atoms with Crippen molar-refractivity contribution in [1.82, 2.24) is 10.6 Å². The maximum absolute atomic E-state index is 11.9. The van der Waals surface area contributed by atoms with Gasteiger partial charge in [0.1, 0.15) is 0 Å². The van der Waals surface area contributed by atoms with Gasteiger partial charge in [-0.1, -0.05) is 0 Å². The van der Waals surface area contributed by atoms with Gasteiger partial charge in [0.05, 0.1) is 0 Å². The van der Waals surface area contributed by atoms with E-state index in [2.05, 4.69) is 5.32 Å². The molecule has 0 aromatic heterocycles. The Bertz CT molecular complexity index is 265. The van der Waals surface area contributed by atoms with Gasteiger partial charge in [-0.3, -0.25) is 4.79 Å². The highest BCUT2D eigenvalue weighted by Crippen LogP contribution is 2.50. The molecule has 1 saturated heterocycles. The van der Waals surface area contributed by atoms with E-state index in [4.69, 9.17) is 0 Å².